The number of aromatic nitrogens is 2. The van der Waals surface area contributed by atoms with Crippen LogP contribution in [0.4, 0.5) is 4.79 Å². The number of carbonyl (C=O) groups excluding carboxylic acids is 1. The number of hydrogen-bond donors (Lipinski definition) is 0. The van der Waals surface area contributed by atoms with E-state index < -0.39 is 11.7 Å². The lowest BCUT2D eigenvalue weighted by atomic mass is 9.81. The zero-order chi connectivity index (χ0) is 15.7. The van der Waals surface area contributed by atoms with Crippen LogP contribution in [0.5, 0.6) is 5.88 Å². The van der Waals surface area contributed by atoms with Crippen molar-refractivity contribution in [2.75, 3.05) is 20.3 Å². The molecule has 6 nitrogen and oxygen atoms in total. The molecule has 2 heterocycles. The first-order valence-corrected chi connectivity index (χ1v) is 7.20. The maximum atomic E-state index is 12.5. The highest BCUT2D eigenvalue weighted by Crippen LogP contribution is 2.35. The van der Waals surface area contributed by atoms with Crippen molar-refractivity contribution in [3.8, 4) is 5.88 Å². The molecule has 0 aliphatic carbocycles. The molecule has 0 amide bonds. The second kappa shape index (κ2) is 5.67. The van der Waals surface area contributed by atoms with Crippen LogP contribution in [0.1, 0.15) is 46.4 Å². The van der Waals surface area contributed by atoms with Gasteiger partial charge in [0.05, 0.1) is 13.3 Å². The molecule has 0 radical (unpaired) electrons. The van der Waals surface area contributed by atoms with E-state index >= 15 is 0 Å². The predicted octanol–water partition coefficient (Wildman–Crippen LogP) is 2.74. The van der Waals surface area contributed by atoms with Crippen LogP contribution < -0.4 is 4.74 Å². The largest absolute Gasteiger partial charge is 0.481 e. The van der Waals surface area contributed by atoms with E-state index in [0.29, 0.717) is 24.9 Å². The Balaban J connectivity index is 2.39. The van der Waals surface area contributed by atoms with E-state index in [0.717, 1.165) is 12.8 Å². The molecular formula is C15H24N2O4. The first-order valence-electron chi connectivity index (χ1n) is 7.20. The molecule has 6 heteroatoms. The Labute approximate surface area is 125 Å². The fourth-order valence-corrected chi connectivity index (χ4v) is 2.44. The molecule has 1 fully saturated rings. The van der Waals surface area contributed by atoms with Gasteiger partial charge in [-0.25, -0.2) is 14.3 Å². The third-order valence-corrected chi connectivity index (χ3v) is 3.65. The Hall–Kier alpha value is -1.56. The van der Waals surface area contributed by atoms with Gasteiger partial charge in [0.25, 0.3) is 0 Å². The van der Waals surface area contributed by atoms with Gasteiger partial charge in [0.15, 0.2) is 0 Å². The zero-order valence-corrected chi connectivity index (χ0v) is 13.4. The Bertz CT molecular complexity index is 510. The summed E-state index contributed by atoms with van der Waals surface area (Å²) < 4.78 is 17.6. The van der Waals surface area contributed by atoms with Crippen molar-refractivity contribution in [1.82, 2.24) is 9.55 Å². The summed E-state index contributed by atoms with van der Waals surface area (Å²) in [4.78, 5) is 16.9. The molecule has 1 aliphatic rings. The molecule has 0 N–H and O–H groups in total. The van der Waals surface area contributed by atoms with E-state index in [2.05, 4.69) is 11.9 Å². The van der Waals surface area contributed by atoms with Crippen LogP contribution in [0, 0.1) is 0 Å². The van der Waals surface area contributed by atoms with E-state index in [1.165, 1.54) is 11.7 Å². The van der Waals surface area contributed by atoms with E-state index in [1.807, 2.05) is 20.8 Å². The van der Waals surface area contributed by atoms with Gasteiger partial charge < -0.3 is 14.2 Å². The van der Waals surface area contributed by atoms with Crippen LogP contribution in [0.3, 0.4) is 0 Å². The highest BCUT2D eigenvalue weighted by Gasteiger charge is 2.37. The van der Waals surface area contributed by atoms with Crippen molar-refractivity contribution in [2.45, 2.75) is 51.6 Å². The van der Waals surface area contributed by atoms with E-state index in [4.69, 9.17) is 14.2 Å². The summed E-state index contributed by atoms with van der Waals surface area (Å²) in [5, 5.41) is 0. The molecule has 0 saturated carbocycles. The van der Waals surface area contributed by atoms with Crippen molar-refractivity contribution in [3.63, 3.8) is 0 Å². The van der Waals surface area contributed by atoms with E-state index in [-0.39, 0.29) is 5.41 Å². The maximum Gasteiger partial charge on any atom is 0.422 e. The number of hydrogen-bond acceptors (Lipinski definition) is 5. The molecular weight excluding hydrogens is 272 g/mol. The van der Waals surface area contributed by atoms with Gasteiger partial charge in [-0.15, -0.1) is 0 Å². The van der Waals surface area contributed by atoms with Crippen LogP contribution in [-0.2, 0) is 14.9 Å². The summed E-state index contributed by atoms with van der Waals surface area (Å²) in [6.07, 6.45) is 2.74. The molecule has 21 heavy (non-hydrogen) atoms. The number of methoxy groups -OCH3 is 1. The van der Waals surface area contributed by atoms with Gasteiger partial charge in [-0.2, -0.15) is 0 Å². The van der Waals surface area contributed by atoms with E-state index in [1.54, 1.807) is 6.20 Å². The molecule has 0 aromatic carbocycles. The predicted molar refractivity (Wildman–Crippen MR) is 77.8 cm³/mol. The van der Waals surface area contributed by atoms with Crippen LogP contribution in [-0.4, -0.2) is 41.6 Å². The monoisotopic (exact) mass is 296 g/mol. The fraction of sp³-hybridized carbons (Fsp3) is 0.733. The van der Waals surface area contributed by atoms with Gasteiger partial charge in [-0.05, 0) is 33.6 Å². The molecule has 2 rings (SSSR count). The minimum Gasteiger partial charge on any atom is -0.481 e. The van der Waals surface area contributed by atoms with Crippen molar-refractivity contribution in [2.24, 2.45) is 0 Å². The average Bonchev–Trinajstić information content (AvgIpc) is 2.82. The Morgan fingerprint density at radius 2 is 2.00 bits per heavy atom. The summed E-state index contributed by atoms with van der Waals surface area (Å²) in [5.74, 6) is 1.07. The fourth-order valence-electron chi connectivity index (χ4n) is 2.44. The van der Waals surface area contributed by atoms with Crippen molar-refractivity contribution >= 4 is 6.09 Å². The Morgan fingerprint density at radius 1 is 1.38 bits per heavy atom. The highest BCUT2D eigenvalue weighted by atomic mass is 16.6. The normalized spacial score (nSPS) is 18.3. The van der Waals surface area contributed by atoms with Crippen LogP contribution >= 0.6 is 0 Å². The average molecular weight is 296 g/mol. The molecule has 1 aliphatic heterocycles. The van der Waals surface area contributed by atoms with E-state index in [9.17, 15) is 4.79 Å². The summed E-state index contributed by atoms with van der Waals surface area (Å²) >= 11 is 0. The number of carbonyl (C=O) groups is 1. The summed E-state index contributed by atoms with van der Waals surface area (Å²) in [6, 6.07) is 0. The van der Waals surface area contributed by atoms with Gasteiger partial charge in [0, 0.05) is 18.6 Å². The smallest absolute Gasteiger partial charge is 0.422 e. The number of rotatable bonds is 2. The molecule has 0 spiro atoms. The first kappa shape index (κ1) is 15.8. The highest BCUT2D eigenvalue weighted by molar-refractivity contribution is 5.74. The SMILES string of the molecule is COc1cnc(C2(C)CCOCC2)n1C(=O)OC(C)(C)C. The van der Waals surface area contributed by atoms with Gasteiger partial charge in [0.2, 0.25) is 5.88 Å². The Kier molecular flexibility index (Phi) is 4.27. The lowest BCUT2D eigenvalue weighted by Gasteiger charge is -2.33. The molecule has 1 aromatic rings. The van der Waals surface area contributed by atoms with Gasteiger partial charge in [-0.3, -0.25) is 0 Å². The minimum absolute atomic E-state index is 0.216. The molecule has 0 bridgehead atoms. The topological polar surface area (TPSA) is 62.6 Å². The van der Waals surface area contributed by atoms with Gasteiger partial charge in [0.1, 0.15) is 11.4 Å². The van der Waals surface area contributed by atoms with Crippen molar-refractivity contribution in [1.29, 1.82) is 0 Å². The van der Waals surface area contributed by atoms with Gasteiger partial charge >= 0.3 is 6.09 Å². The second-order valence-electron chi connectivity index (χ2n) is 6.61. The summed E-state index contributed by atoms with van der Waals surface area (Å²) in [7, 11) is 1.52. The van der Waals surface area contributed by atoms with Crippen molar-refractivity contribution < 1.29 is 19.0 Å². The summed E-state index contributed by atoms with van der Waals surface area (Å²) in [6.45, 7) is 8.94. The first-order chi connectivity index (χ1) is 9.77. The molecule has 118 valence electrons. The quantitative estimate of drug-likeness (QED) is 0.839. The zero-order valence-electron chi connectivity index (χ0n) is 13.4. The lowest BCUT2D eigenvalue weighted by molar-refractivity contribution is 0.0417. The number of ether oxygens (including phenoxy) is 3. The summed E-state index contributed by atoms with van der Waals surface area (Å²) in [5.41, 5.74) is -0.786. The molecule has 1 saturated heterocycles. The molecule has 1 aromatic heterocycles. The number of imidazole rings is 1. The molecule has 0 atom stereocenters. The van der Waals surface area contributed by atoms with Crippen LogP contribution in [0.15, 0.2) is 6.20 Å². The lowest BCUT2D eigenvalue weighted by Crippen LogP contribution is -2.36. The standard InChI is InChI=1S/C15H24N2O4/c1-14(2,3)21-13(18)17-11(19-5)10-16-12(17)15(4)6-8-20-9-7-15/h10H,6-9H2,1-5H3. The second-order valence-corrected chi connectivity index (χ2v) is 6.61. The van der Waals surface area contributed by atoms with Crippen LogP contribution in [0.2, 0.25) is 0 Å². The maximum absolute atomic E-state index is 12.5. The third-order valence-electron chi connectivity index (χ3n) is 3.65. The van der Waals surface area contributed by atoms with Gasteiger partial charge in [-0.1, -0.05) is 6.92 Å². The third kappa shape index (κ3) is 3.37. The Morgan fingerprint density at radius 3 is 2.52 bits per heavy atom. The van der Waals surface area contributed by atoms with Crippen LogP contribution in [0.25, 0.3) is 0 Å². The molecule has 0 unspecified atom stereocenters. The minimum atomic E-state index is -0.569. The number of nitrogens with zero attached hydrogens (tertiary/aromatic N) is 2. The van der Waals surface area contributed by atoms with Crippen molar-refractivity contribution in [3.05, 3.63) is 12.0 Å².